The van der Waals surface area contributed by atoms with Crippen LogP contribution in [0.2, 0.25) is 0 Å². The molecular formula is C9H10N2O. The first-order valence-electron chi connectivity index (χ1n) is 3.57. The van der Waals surface area contributed by atoms with E-state index >= 15 is 0 Å². The van der Waals surface area contributed by atoms with E-state index in [0.717, 1.165) is 5.56 Å². The molecule has 62 valence electrons. The lowest BCUT2D eigenvalue weighted by Crippen LogP contribution is -2.17. The minimum atomic E-state index is -0.114. The highest BCUT2D eigenvalue weighted by Gasteiger charge is 1.98. The third-order valence-corrected chi connectivity index (χ3v) is 1.36. The van der Waals surface area contributed by atoms with E-state index in [9.17, 15) is 4.79 Å². The lowest BCUT2D eigenvalue weighted by atomic mass is 10.2. The van der Waals surface area contributed by atoms with E-state index in [1.54, 1.807) is 24.5 Å². The average Bonchev–Trinajstić information content (AvgIpc) is 2.05. The van der Waals surface area contributed by atoms with Crippen LogP contribution in [0.3, 0.4) is 0 Å². The molecule has 1 aromatic heterocycles. The normalized spacial score (nSPS) is 9.08. The molecular weight excluding hydrogens is 152 g/mol. The first-order chi connectivity index (χ1) is 5.70. The summed E-state index contributed by atoms with van der Waals surface area (Å²) in [6, 6.07) is 3.58. The molecule has 0 radical (unpaired) electrons. The molecule has 1 rings (SSSR count). The lowest BCUT2D eigenvalue weighted by molar-refractivity contribution is -0.117. The van der Waals surface area contributed by atoms with Gasteiger partial charge in [0.15, 0.2) is 0 Å². The summed E-state index contributed by atoms with van der Waals surface area (Å²) in [5, 5.41) is 2.60. The van der Waals surface area contributed by atoms with Crippen molar-refractivity contribution in [2.24, 2.45) is 0 Å². The first kappa shape index (κ1) is 8.46. The van der Waals surface area contributed by atoms with Crippen LogP contribution >= 0.6 is 0 Å². The summed E-state index contributed by atoms with van der Waals surface area (Å²) >= 11 is 0. The number of pyridine rings is 1. The number of hydrogen-bond acceptors (Lipinski definition) is 2. The summed E-state index contributed by atoms with van der Waals surface area (Å²) in [5.74, 6) is -0.114. The molecule has 0 fully saturated rings. The van der Waals surface area contributed by atoms with Crippen molar-refractivity contribution in [3.8, 4) is 0 Å². The molecule has 0 saturated carbocycles. The van der Waals surface area contributed by atoms with Gasteiger partial charge in [0.1, 0.15) is 0 Å². The lowest BCUT2D eigenvalue weighted by Gasteiger charge is -2.04. The van der Waals surface area contributed by atoms with Gasteiger partial charge in [0, 0.05) is 30.6 Å². The van der Waals surface area contributed by atoms with Gasteiger partial charge in [-0.3, -0.25) is 9.78 Å². The topological polar surface area (TPSA) is 42.0 Å². The van der Waals surface area contributed by atoms with E-state index in [1.807, 2.05) is 0 Å². The maximum Gasteiger partial charge on any atom is 0.221 e. The molecule has 1 heterocycles. The summed E-state index contributed by atoms with van der Waals surface area (Å²) in [4.78, 5) is 14.5. The SMILES string of the molecule is C=C(NC(C)=O)c1ccncc1. The van der Waals surface area contributed by atoms with Gasteiger partial charge in [0.25, 0.3) is 0 Å². The molecule has 0 aliphatic heterocycles. The van der Waals surface area contributed by atoms with E-state index in [4.69, 9.17) is 0 Å². The highest BCUT2D eigenvalue weighted by atomic mass is 16.1. The zero-order valence-corrected chi connectivity index (χ0v) is 6.87. The molecule has 1 aromatic rings. The largest absolute Gasteiger partial charge is 0.326 e. The van der Waals surface area contributed by atoms with Crippen LogP contribution < -0.4 is 5.32 Å². The highest BCUT2D eigenvalue weighted by Crippen LogP contribution is 2.05. The van der Waals surface area contributed by atoms with Gasteiger partial charge in [-0.05, 0) is 12.1 Å². The van der Waals surface area contributed by atoms with E-state index in [1.165, 1.54) is 6.92 Å². The van der Waals surface area contributed by atoms with Crippen LogP contribution in [0.25, 0.3) is 5.70 Å². The van der Waals surface area contributed by atoms with Crippen molar-refractivity contribution in [3.05, 3.63) is 36.7 Å². The Balaban J connectivity index is 2.73. The number of rotatable bonds is 2. The van der Waals surface area contributed by atoms with E-state index < -0.39 is 0 Å². The fraction of sp³-hybridized carbons (Fsp3) is 0.111. The van der Waals surface area contributed by atoms with Crippen LogP contribution in [0.1, 0.15) is 12.5 Å². The number of carbonyl (C=O) groups excluding carboxylic acids is 1. The summed E-state index contributed by atoms with van der Waals surface area (Å²) in [6.07, 6.45) is 3.31. The summed E-state index contributed by atoms with van der Waals surface area (Å²) in [7, 11) is 0. The van der Waals surface area contributed by atoms with Gasteiger partial charge < -0.3 is 5.32 Å². The summed E-state index contributed by atoms with van der Waals surface area (Å²) in [6.45, 7) is 5.16. The predicted octanol–water partition coefficient (Wildman–Crippen LogP) is 1.19. The number of carbonyl (C=O) groups is 1. The average molecular weight is 162 g/mol. The van der Waals surface area contributed by atoms with E-state index in [2.05, 4.69) is 16.9 Å². The van der Waals surface area contributed by atoms with Gasteiger partial charge in [0.2, 0.25) is 5.91 Å². The molecule has 3 heteroatoms. The van der Waals surface area contributed by atoms with Gasteiger partial charge in [-0.25, -0.2) is 0 Å². The Morgan fingerprint density at radius 2 is 2.08 bits per heavy atom. The Labute approximate surface area is 71.1 Å². The predicted molar refractivity (Wildman–Crippen MR) is 47.1 cm³/mol. The molecule has 0 unspecified atom stereocenters. The Bertz CT molecular complexity index is 293. The molecule has 0 aliphatic rings. The van der Waals surface area contributed by atoms with Crippen LogP contribution in [0, 0.1) is 0 Å². The maximum atomic E-state index is 10.6. The van der Waals surface area contributed by atoms with Crippen molar-refractivity contribution in [2.75, 3.05) is 0 Å². The maximum absolute atomic E-state index is 10.6. The molecule has 1 N–H and O–H groups in total. The van der Waals surface area contributed by atoms with Crippen LogP contribution in [-0.4, -0.2) is 10.9 Å². The minimum Gasteiger partial charge on any atom is -0.326 e. The minimum absolute atomic E-state index is 0.114. The second-order valence-electron chi connectivity index (χ2n) is 2.40. The molecule has 0 aliphatic carbocycles. The smallest absolute Gasteiger partial charge is 0.221 e. The second-order valence-corrected chi connectivity index (χ2v) is 2.40. The fourth-order valence-corrected chi connectivity index (χ4v) is 0.838. The number of nitrogens with zero attached hydrogens (tertiary/aromatic N) is 1. The number of hydrogen-bond donors (Lipinski definition) is 1. The van der Waals surface area contributed by atoms with Crippen molar-refractivity contribution in [1.82, 2.24) is 10.3 Å². The van der Waals surface area contributed by atoms with Gasteiger partial charge in [-0.2, -0.15) is 0 Å². The molecule has 0 atom stereocenters. The van der Waals surface area contributed by atoms with Crippen LogP contribution in [0.4, 0.5) is 0 Å². The number of aromatic nitrogens is 1. The summed E-state index contributed by atoms with van der Waals surface area (Å²) in [5.41, 5.74) is 1.48. The Hall–Kier alpha value is -1.64. The van der Waals surface area contributed by atoms with E-state index in [0.29, 0.717) is 5.70 Å². The van der Waals surface area contributed by atoms with E-state index in [-0.39, 0.29) is 5.91 Å². The molecule has 12 heavy (non-hydrogen) atoms. The van der Waals surface area contributed by atoms with Gasteiger partial charge in [-0.15, -0.1) is 0 Å². The van der Waals surface area contributed by atoms with Crippen molar-refractivity contribution in [1.29, 1.82) is 0 Å². The van der Waals surface area contributed by atoms with Gasteiger partial charge >= 0.3 is 0 Å². The van der Waals surface area contributed by atoms with Gasteiger partial charge in [-0.1, -0.05) is 6.58 Å². The molecule has 0 bridgehead atoms. The quantitative estimate of drug-likeness (QED) is 0.709. The van der Waals surface area contributed by atoms with Crippen molar-refractivity contribution < 1.29 is 4.79 Å². The van der Waals surface area contributed by atoms with Crippen molar-refractivity contribution >= 4 is 11.6 Å². The van der Waals surface area contributed by atoms with Gasteiger partial charge in [0.05, 0.1) is 0 Å². The molecule has 1 amide bonds. The zero-order valence-electron chi connectivity index (χ0n) is 6.87. The van der Waals surface area contributed by atoms with Crippen LogP contribution in [0.15, 0.2) is 31.1 Å². The third-order valence-electron chi connectivity index (χ3n) is 1.36. The number of amides is 1. The third kappa shape index (κ3) is 2.20. The summed E-state index contributed by atoms with van der Waals surface area (Å²) < 4.78 is 0. The van der Waals surface area contributed by atoms with Crippen LogP contribution in [-0.2, 0) is 4.79 Å². The molecule has 0 saturated heterocycles. The second kappa shape index (κ2) is 3.67. The monoisotopic (exact) mass is 162 g/mol. The Kier molecular flexibility index (Phi) is 2.58. The Morgan fingerprint density at radius 3 is 2.58 bits per heavy atom. The van der Waals surface area contributed by atoms with Crippen molar-refractivity contribution in [2.45, 2.75) is 6.92 Å². The standard InChI is InChI=1S/C9H10N2O/c1-7(11-8(2)12)9-3-5-10-6-4-9/h3-6H,1H2,2H3,(H,11,12). The molecule has 0 aromatic carbocycles. The molecule has 3 nitrogen and oxygen atoms in total. The highest BCUT2D eigenvalue weighted by molar-refractivity contribution is 5.84. The van der Waals surface area contributed by atoms with Crippen molar-refractivity contribution in [3.63, 3.8) is 0 Å². The first-order valence-corrected chi connectivity index (χ1v) is 3.57. The van der Waals surface area contributed by atoms with Crippen LogP contribution in [0.5, 0.6) is 0 Å². The fourth-order valence-electron chi connectivity index (χ4n) is 0.838. The Morgan fingerprint density at radius 1 is 1.50 bits per heavy atom. The number of nitrogens with one attached hydrogen (secondary N) is 1. The molecule has 0 spiro atoms. The zero-order chi connectivity index (χ0) is 8.97.